The molecule has 0 amide bonds. The highest BCUT2D eigenvalue weighted by molar-refractivity contribution is 5.59. The Morgan fingerprint density at radius 2 is 1.34 bits per heavy atom. The molecule has 0 saturated carbocycles. The minimum absolute atomic E-state index is 0.833. The lowest BCUT2D eigenvalue weighted by molar-refractivity contribution is 0.520. The summed E-state index contributed by atoms with van der Waals surface area (Å²) in [5, 5.41) is 0. The standard InChI is InChI=1S/C27H42N2/c1-4-5-6-7-8-13-18-25-19-14-15-20-26(25)27-28-21-24(22-29-27)17-12-10-9-11-16-23(2)3/h14-15,19-23H,4-13,16-18H2,1-3H3. The molecule has 0 spiro atoms. The van der Waals surface area contributed by atoms with Gasteiger partial charge in [0.15, 0.2) is 5.82 Å². The van der Waals surface area contributed by atoms with Crippen LogP contribution in [0.15, 0.2) is 36.7 Å². The first kappa shape index (κ1) is 23.6. The molecule has 2 rings (SSSR count). The van der Waals surface area contributed by atoms with Crippen LogP contribution in [0.2, 0.25) is 0 Å². The summed E-state index contributed by atoms with van der Waals surface area (Å²) in [7, 11) is 0. The van der Waals surface area contributed by atoms with E-state index in [4.69, 9.17) is 9.97 Å². The highest BCUT2D eigenvalue weighted by Crippen LogP contribution is 2.22. The SMILES string of the molecule is CCCCCCCCc1ccccc1-c1ncc(CCCCCCC(C)C)cn1. The van der Waals surface area contributed by atoms with Crippen molar-refractivity contribution in [3.63, 3.8) is 0 Å². The van der Waals surface area contributed by atoms with Gasteiger partial charge in [0.1, 0.15) is 0 Å². The maximum absolute atomic E-state index is 4.71. The van der Waals surface area contributed by atoms with E-state index >= 15 is 0 Å². The molecule has 160 valence electrons. The minimum atomic E-state index is 0.833. The summed E-state index contributed by atoms with van der Waals surface area (Å²) in [6.45, 7) is 6.89. The molecule has 0 fully saturated rings. The molecule has 1 aromatic carbocycles. The molecule has 2 aromatic rings. The van der Waals surface area contributed by atoms with Crippen molar-refractivity contribution in [1.82, 2.24) is 9.97 Å². The number of benzene rings is 1. The van der Waals surface area contributed by atoms with E-state index in [0.717, 1.165) is 24.6 Å². The Labute approximate surface area is 179 Å². The Hall–Kier alpha value is -1.70. The van der Waals surface area contributed by atoms with Crippen LogP contribution in [-0.2, 0) is 12.8 Å². The Morgan fingerprint density at radius 1 is 0.724 bits per heavy atom. The molecule has 0 aliphatic carbocycles. The molecule has 0 aliphatic rings. The van der Waals surface area contributed by atoms with Gasteiger partial charge >= 0.3 is 0 Å². The van der Waals surface area contributed by atoms with Crippen molar-refractivity contribution >= 4 is 0 Å². The molecule has 2 heteroatoms. The fraction of sp³-hybridized carbons (Fsp3) is 0.630. The van der Waals surface area contributed by atoms with E-state index in [-0.39, 0.29) is 0 Å². The van der Waals surface area contributed by atoms with Crippen molar-refractivity contribution < 1.29 is 0 Å². The second-order valence-corrected chi connectivity index (χ2v) is 8.94. The van der Waals surface area contributed by atoms with Crippen molar-refractivity contribution in [2.75, 3.05) is 0 Å². The van der Waals surface area contributed by atoms with Gasteiger partial charge in [-0.3, -0.25) is 0 Å². The molecule has 1 aromatic heterocycles. The number of hydrogen-bond acceptors (Lipinski definition) is 2. The monoisotopic (exact) mass is 394 g/mol. The third-order valence-corrected chi connectivity index (χ3v) is 5.76. The molecule has 0 atom stereocenters. The lowest BCUT2D eigenvalue weighted by Crippen LogP contribution is -1.97. The molecule has 0 unspecified atom stereocenters. The molecule has 0 saturated heterocycles. The predicted molar refractivity (Wildman–Crippen MR) is 126 cm³/mol. The molecule has 2 nitrogen and oxygen atoms in total. The first-order valence-electron chi connectivity index (χ1n) is 12.1. The maximum Gasteiger partial charge on any atom is 0.159 e. The van der Waals surface area contributed by atoms with Gasteiger partial charge in [-0.15, -0.1) is 0 Å². The summed E-state index contributed by atoms with van der Waals surface area (Å²) in [5.41, 5.74) is 3.87. The number of nitrogens with zero attached hydrogens (tertiary/aromatic N) is 2. The van der Waals surface area contributed by atoms with Crippen molar-refractivity contribution in [1.29, 1.82) is 0 Å². The van der Waals surface area contributed by atoms with Crippen LogP contribution in [0.4, 0.5) is 0 Å². The quantitative estimate of drug-likeness (QED) is 0.284. The predicted octanol–water partition coefficient (Wildman–Crippen LogP) is 8.20. The van der Waals surface area contributed by atoms with Crippen LogP contribution in [0, 0.1) is 5.92 Å². The van der Waals surface area contributed by atoms with E-state index in [1.54, 1.807) is 0 Å². The zero-order chi connectivity index (χ0) is 20.7. The molecule has 0 radical (unpaired) electrons. The summed E-state index contributed by atoms with van der Waals surface area (Å²) in [5.74, 6) is 1.71. The summed E-state index contributed by atoms with van der Waals surface area (Å²) >= 11 is 0. The topological polar surface area (TPSA) is 25.8 Å². The zero-order valence-corrected chi connectivity index (χ0v) is 19.1. The second kappa shape index (κ2) is 14.3. The highest BCUT2D eigenvalue weighted by atomic mass is 14.9. The second-order valence-electron chi connectivity index (χ2n) is 8.94. The largest absolute Gasteiger partial charge is 0.236 e. The maximum atomic E-state index is 4.71. The first-order chi connectivity index (χ1) is 14.2. The summed E-state index contributed by atoms with van der Waals surface area (Å²) in [4.78, 5) is 9.41. The number of rotatable bonds is 15. The Balaban J connectivity index is 1.80. The van der Waals surface area contributed by atoms with Crippen LogP contribution >= 0.6 is 0 Å². The smallest absolute Gasteiger partial charge is 0.159 e. The average molecular weight is 395 g/mol. The van der Waals surface area contributed by atoms with Crippen LogP contribution in [0.25, 0.3) is 11.4 Å². The van der Waals surface area contributed by atoms with Gasteiger partial charge in [0, 0.05) is 18.0 Å². The van der Waals surface area contributed by atoms with Crippen LogP contribution in [0.1, 0.15) is 103 Å². The lowest BCUT2D eigenvalue weighted by atomic mass is 10.00. The van der Waals surface area contributed by atoms with Crippen LogP contribution in [0.5, 0.6) is 0 Å². The fourth-order valence-corrected chi connectivity index (χ4v) is 3.91. The number of aromatic nitrogens is 2. The molecule has 29 heavy (non-hydrogen) atoms. The van der Waals surface area contributed by atoms with Crippen LogP contribution < -0.4 is 0 Å². The fourth-order valence-electron chi connectivity index (χ4n) is 3.91. The van der Waals surface area contributed by atoms with E-state index in [9.17, 15) is 0 Å². The van der Waals surface area contributed by atoms with Crippen LogP contribution in [0.3, 0.4) is 0 Å². The Morgan fingerprint density at radius 3 is 2.07 bits per heavy atom. The molecule has 0 bridgehead atoms. The van der Waals surface area contributed by atoms with Gasteiger partial charge in [-0.2, -0.15) is 0 Å². The lowest BCUT2D eigenvalue weighted by Gasteiger charge is -2.09. The van der Waals surface area contributed by atoms with Gasteiger partial charge in [-0.25, -0.2) is 9.97 Å². The summed E-state index contributed by atoms with van der Waals surface area (Å²) in [6, 6.07) is 8.67. The van der Waals surface area contributed by atoms with Crippen molar-refractivity contribution in [3.05, 3.63) is 47.8 Å². The molecular weight excluding hydrogens is 352 g/mol. The molecular formula is C27H42N2. The van der Waals surface area contributed by atoms with E-state index in [2.05, 4.69) is 45.0 Å². The Bertz CT molecular complexity index is 660. The average Bonchev–Trinajstić information content (AvgIpc) is 2.74. The zero-order valence-electron chi connectivity index (χ0n) is 19.1. The normalized spacial score (nSPS) is 11.3. The summed E-state index contributed by atoms with van der Waals surface area (Å²) < 4.78 is 0. The third kappa shape index (κ3) is 9.56. The van der Waals surface area contributed by atoms with Gasteiger partial charge in [0.05, 0.1) is 0 Å². The number of unbranched alkanes of at least 4 members (excludes halogenated alkanes) is 8. The third-order valence-electron chi connectivity index (χ3n) is 5.76. The molecule has 1 heterocycles. The van der Waals surface area contributed by atoms with Crippen LogP contribution in [-0.4, -0.2) is 9.97 Å². The van der Waals surface area contributed by atoms with Crippen molar-refractivity contribution in [2.24, 2.45) is 5.92 Å². The van der Waals surface area contributed by atoms with Crippen molar-refractivity contribution in [2.45, 2.75) is 104 Å². The van der Waals surface area contributed by atoms with Gasteiger partial charge in [-0.05, 0) is 42.7 Å². The van der Waals surface area contributed by atoms with E-state index in [1.165, 1.54) is 87.3 Å². The minimum Gasteiger partial charge on any atom is -0.236 e. The highest BCUT2D eigenvalue weighted by Gasteiger charge is 2.07. The van der Waals surface area contributed by atoms with E-state index in [1.807, 2.05) is 12.4 Å². The molecule has 0 aliphatic heterocycles. The van der Waals surface area contributed by atoms with Gasteiger partial charge in [0.25, 0.3) is 0 Å². The Kier molecular flexibility index (Phi) is 11.6. The number of aryl methyl sites for hydroxylation is 2. The molecule has 0 N–H and O–H groups in total. The van der Waals surface area contributed by atoms with Crippen molar-refractivity contribution in [3.8, 4) is 11.4 Å². The summed E-state index contributed by atoms with van der Waals surface area (Å²) in [6.07, 6.45) is 20.9. The van der Waals surface area contributed by atoms with Gasteiger partial charge in [-0.1, -0.05) is 103 Å². The number of hydrogen-bond donors (Lipinski definition) is 0. The van der Waals surface area contributed by atoms with E-state index < -0.39 is 0 Å². The van der Waals surface area contributed by atoms with Gasteiger partial charge < -0.3 is 0 Å². The van der Waals surface area contributed by atoms with Gasteiger partial charge in [0.2, 0.25) is 0 Å². The van der Waals surface area contributed by atoms with E-state index in [0.29, 0.717) is 0 Å². The first-order valence-corrected chi connectivity index (χ1v) is 12.1.